The highest BCUT2D eigenvalue weighted by Gasteiger charge is 2.39. The molecular formula is C12H16BrFN2O3S. The van der Waals surface area contributed by atoms with Crippen LogP contribution in [0.1, 0.15) is 12.8 Å². The fourth-order valence-electron chi connectivity index (χ4n) is 1.91. The molecule has 0 aromatic heterocycles. The van der Waals surface area contributed by atoms with E-state index in [0.717, 1.165) is 25.0 Å². The molecule has 20 heavy (non-hydrogen) atoms. The average molecular weight is 367 g/mol. The molecule has 2 rings (SSSR count). The number of hydrogen-bond donors (Lipinski definition) is 1. The van der Waals surface area contributed by atoms with E-state index in [-0.39, 0.29) is 29.8 Å². The van der Waals surface area contributed by atoms with Crippen molar-refractivity contribution in [2.45, 2.75) is 23.8 Å². The molecule has 0 heterocycles. The van der Waals surface area contributed by atoms with Crippen molar-refractivity contribution in [1.29, 1.82) is 0 Å². The zero-order chi connectivity index (χ0) is 14.9. The molecule has 0 bridgehead atoms. The molecule has 1 fully saturated rings. The van der Waals surface area contributed by atoms with Crippen LogP contribution >= 0.6 is 15.9 Å². The Morgan fingerprint density at radius 3 is 2.70 bits per heavy atom. The molecule has 0 saturated heterocycles. The summed E-state index contributed by atoms with van der Waals surface area (Å²) in [6.45, 7) is 0.474. The van der Waals surface area contributed by atoms with Crippen molar-refractivity contribution in [3.63, 3.8) is 0 Å². The van der Waals surface area contributed by atoms with Crippen molar-refractivity contribution in [3.8, 4) is 0 Å². The highest BCUT2D eigenvalue weighted by atomic mass is 79.9. The number of methoxy groups -OCH3 is 1. The van der Waals surface area contributed by atoms with Gasteiger partial charge in [-0.1, -0.05) is 0 Å². The topological polar surface area (TPSA) is 72.6 Å². The number of sulfonamides is 1. The fraction of sp³-hybridized carbons (Fsp3) is 0.500. The van der Waals surface area contributed by atoms with Gasteiger partial charge in [0.25, 0.3) is 0 Å². The summed E-state index contributed by atoms with van der Waals surface area (Å²) >= 11 is 3.07. The van der Waals surface area contributed by atoms with Crippen LogP contribution in [-0.4, -0.2) is 39.0 Å². The van der Waals surface area contributed by atoms with E-state index in [1.54, 1.807) is 0 Å². The molecule has 0 aliphatic heterocycles. The van der Waals surface area contributed by atoms with Crippen LogP contribution in [0.25, 0.3) is 0 Å². The van der Waals surface area contributed by atoms with Crippen molar-refractivity contribution in [2.75, 3.05) is 26.0 Å². The number of benzene rings is 1. The summed E-state index contributed by atoms with van der Waals surface area (Å²) in [6.07, 6.45) is 1.58. The molecule has 1 aromatic rings. The third kappa shape index (κ3) is 3.13. The summed E-state index contributed by atoms with van der Waals surface area (Å²) in [5, 5.41) is 0. The zero-order valence-corrected chi connectivity index (χ0v) is 13.4. The molecule has 1 aliphatic carbocycles. The zero-order valence-electron chi connectivity index (χ0n) is 11.0. The van der Waals surface area contributed by atoms with E-state index >= 15 is 0 Å². The van der Waals surface area contributed by atoms with Gasteiger partial charge in [0.2, 0.25) is 10.0 Å². The normalized spacial score (nSPS) is 15.8. The number of nitrogens with zero attached hydrogens (tertiary/aromatic N) is 1. The number of anilines is 1. The Bertz CT molecular complexity index is 605. The lowest BCUT2D eigenvalue weighted by Gasteiger charge is -2.22. The second kappa shape index (κ2) is 5.97. The van der Waals surface area contributed by atoms with Crippen LogP contribution in [0.4, 0.5) is 10.1 Å². The van der Waals surface area contributed by atoms with E-state index in [0.29, 0.717) is 4.47 Å². The van der Waals surface area contributed by atoms with Gasteiger partial charge in [0, 0.05) is 29.9 Å². The van der Waals surface area contributed by atoms with Crippen LogP contribution in [-0.2, 0) is 14.8 Å². The number of rotatable bonds is 6. The van der Waals surface area contributed by atoms with Gasteiger partial charge in [-0.2, -0.15) is 4.31 Å². The van der Waals surface area contributed by atoms with Gasteiger partial charge in [0.15, 0.2) is 0 Å². The molecule has 1 saturated carbocycles. The fourth-order valence-corrected chi connectivity index (χ4v) is 3.98. The number of nitrogen functional groups attached to an aromatic ring is 1. The van der Waals surface area contributed by atoms with Gasteiger partial charge in [0.05, 0.1) is 6.61 Å². The van der Waals surface area contributed by atoms with Gasteiger partial charge in [-0.15, -0.1) is 0 Å². The SMILES string of the molecule is COCCN(C1CC1)S(=O)(=O)c1cc(N)c(Br)cc1F. The largest absolute Gasteiger partial charge is 0.398 e. The second-order valence-corrected chi connectivity index (χ2v) is 7.36. The summed E-state index contributed by atoms with van der Waals surface area (Å²) < 4.78 is 45.6. The standard InChI is InChI=1S/C12H16BrFN2O3S/c1-19-5-4-16(8-2-3-8)20(17,18)12-7-11(15)9(13)6-10(12)14/h6-8H,2-5,15H2,1H3. The van der Waals surface area contributed by atoms with Crippen molar-refractivity contribution in [3.05, 3.63) is 22.4 Å². The third-order valence-corrected chi connectivity index (χ3v) is 5.76. The van der Waals surface area contributed by atoms with Gasteiger partial charge < -0.3 is 10.5 Å². The minimum Gasteiger partial charge on any atom is -0.398 e. The van der Waals surface area contributed by atoms with E-state index in [4.69, 9.17) is 10.5 Å². The molecule has 5 nitrogen and oxygen atoms in total. The van der Waals surface area contributed by atoms with Crippen LogP contribution < -0.4 is 5.73 Å². The van der Waals surface area contributed by atoms with E-state index in [1.165, 1.54) is 11.4 Å². The molecule has 0 unspecified atom stereocenters. The molecule has 0 radical (unpaired) electrons. The van der Waals surface area contributed by atoms with Crippen LogP contribution in [0, 0.1) is 5.82 Å². The summed E-state index contributed by atoms with van der Waals surface area (Å²) in [6, 6.07) is 2.15. The Kier molecular flexibility index (Phi) is 4.68. The van der Waals surface area contributed by atoms with E-state index < -0.39 is 15.8 Å². The summed E-state index contributed by atoms with van der Waals surface area (Å²) in [7, 11) is -2.41. The monoisotopic (exact) mass is 366 g/mol. The van der Waals surface area contributed by atoms with E-state index in [9.17, 15) is 12.8 Å². The molecule has 8 heteroatoms. The number of nitrogens with two attached hydrogens (primary N) is 1. The van der Waals surface area contributed by atoms with Crippen molar-refractivity contribution in [1.82, 2.24) is 4.31 Å². The van der Waals surface area contributed by atoms with Crippen molar-refractivity contribution >= 4 is 31.6 Å². The lowest BCUT2D eigenvalue weighted by molar-refractivity contribution is 0.177. The van der Waals surface area contributed by atoms with Crippen molar-refractivity contribution in [2.24, 2.45) is 0 Å². The highest BCUT2D eigenvalue weighted by Crippen LogP contribution is 2.34. The van der Waals surface area contributed by atoms with Crippen LogP contribution in [0.5, 0.6) is 0 Å². The maximum Gasteiger partial charge on any atom is 0.246 e. The highest BCUT2D eigenvalue weighted by molar-refractivity contribution is 9.10. The van der Waals surface area contributed by atoms with Gasteiger partial charge in [-0.05, 0) is 40.9 Å². The Morgan fingerprint density at radius 2 is 2.15 bits per heavy atom. The Hall–Kier alpha value is -0.700. The first kappa shape index (κ1) is 15.7. The number of ether oxygens (including phenoxy) is 1. The van der Waals surface area contributed by atoms with E-state index in [1.807, 2.05) is 0 Å². The summed E-state index contributed by atoms with van der Waals surface area (Å²) in [5.74, 6) is -0.811. The maximum atomic E-state index is 14.0. The average Bonchev–Trinajstić information content (AvgIpc) is 3.18. The van der Waals surface area contributed by atoms with Crippen molar-refractivity contribution < 1.29 is 17.5 Å². The molecular weight excluding hydrogens is 351 g/mol. The molecule has 1 aliphatic rings. The lowest BCUT2D eigenvalue weighted by atomic mass is 10.3. The minimum absolute atomic E-state index is 0.0700. The maximum absolute atomic E-state index is 14.0. The Balaban J connectivity index is 2.39. The van der Waals surface area contributed by atoms with Gasteiger partial charge in [-0.25, -0.2) is 12.8 Å². The first-order valence-electron chi connectivity index (χ1n) is 6.13. The summed E-state index contributed by atoms with van der Waals surface area (Å²) in [5.41, 5.74) is 5.84. The summed E-state index contributed by atoms with van der Waals surface area (Å²) in [4.78, 5) is -0.388. The predicted molar refractivity (Wildman–Crippen MR) is 77.3 cm³/mol. The number of halogens is 2. The molecule has 1 aromatic carbocycles. The predicted octanol–water partition coefficient (Wildman–Crippen LogP) is 1.97. The third-order valence-electron chi connectivity index (χ3n) is 3.11. The molecule has 0 atom stereocenters. The first-order chi connectivity index (χ1) is 9.37. The van der Waals surface area contributed by atoms with Crippen LogP contribution in [0.3, 0.4) is 0 Å². The Morgan fingerprint density at radius 1 is 1.50 bits per heavy atom. The molecule has 2 N–H and O–H groups in total. The van der Waals surface area contributed by atoms with Crippen LogP contribution in [0.15, 0.2) is 21.5 Å². The minimum atomic E-state index is -3.90. The Labute approximate surface area is 126 Å². The second-order valence-electron chi connectivity index (χ2n) is 4.64. The quantitative estimate of drug-likeness (QED) is 0.781. The van der Waals surface area contributed by atoms with Gasteiger partial charge >= 0.3 is 0 Å². The molecule has 112 valence electrons. The number of hydrogen-bond acceptors (Lipinski definition) is 4. The first-order valence-corrected chi connectivity index (χ1v) is 8.36. The molecule has 0 spiro atoms. The lowest BCUT2D eigenvalue weighted by Crippen LogP contribution is -2.36. The van der Waals surface area contributed by atoms with Crippen LogP contribution in [0.2, 0.25) is 0 Å². The van der Waals surface area contributed by atoms with Gasteiger partial charge in [-0.3, -0.25) is 0 Å². The van der Waals surface area contributed by atoms with E-state index in [2.05, 4.69) is 15.9 Å². The molecule has 0 amide bonds. The van der Waals surface area contributed by atoms with Gasteiger partial charge in [0.1, 0.15) is 10.7 Å². The smallest absolute Gasteiger partial charge is 0.246 e.